The molecule has 0 radical (unpaired) electrons. The van der Waals surface area contributed by atoms with E-state index >= 15 is 0 Å². The molecular weight excluding hydrogens is 444 g/mol. The summed E-state index contributed by atoms with van der Waals surface area (Å²) < 4.78 is 7.43. The van der Waals surface area contributed by atoms with Gasteiger partial charge in [0.15, 0.2) is 5.16 Å². The zero-order valence-electron chi connectivity index (χ0n) is 17.0. The monoisotopic (exact) mass is 460 g/mol. The highest BCUT2D eigenvalue weighted by Gasteiger charge is 2.16. The second kappa shape index (κ2) is 8.61. The Hall–Kier alpha value is -3.42. The summed E-state index contributed by atoms with van der Waals surface area (Å²) >= 11 is 7.60. The van der Waals surface area contributed by atoms with Crippen LogP contribution in [-0.4, -0.2) is 19.7 Å². The summed E-state index contributed by atoms with van der Waals surface area (Å²) in [5, 5.41) is 9.91. The summed E-state index contributed by atoms with van der Waals surface area (Å²) in [6.07, 6.45) is 0. The minimum atomic E-state index is -0.121. The van der Waals surface area contributed by atoms with Gasteiger partial charge < -0.3 is 4.42 Å². The molecule has 2 heterocycles. The molecule has 0 bridgehead atoms. The molecule has 0 saturated carbocycles. The van der Waals surface area contributed by atoms with Crippen molar-refractivity contribution in [3.05, 3.63) is 99.6 Å². The van der Waals surface area contributed by atoms with Crippen molar-refractivity contribution in [2.75, 3.05) is 0 Å². The fourth-order valence-electron chi connectivity index (χ4n) is 3.31. The van der Waals surface area contributed by atoms with Gasteiger partial charge in [-0.25, -0.2) is 4.98 Å². The van der Waals surface area contributed by atoms with Gasteiger partial charge in [-0.15, -0.1) is 10.2 Å². The van der Waals surface area contributed by atoms with Gasteiger partial charge in [-0.05, 0) is 43.3 Å². The third-order valence-electron chi connectivity index (χ3n) is 4.93. The van der Waals surface area contributed by atoms with Crippen LogP contribution in [0.5, 0.6) is 0 Å². The lowest BCUT2D eigenvalue weighted by Crippen LogP contribution is -2.21. The summed E-state index contributed by atoms with van der Waals surface area (Å²) in [5.74, 6) is 1.13. The summed E-state index contributed by atoms with van der Waals surface area (Å²) in [5.41, 5.74) is 3.07. The molecule has 5 aromatic rings. The molecule has 3 aromatic carbocycles. The van der Waals surface area contributed by atoms with Crippen LogP contribution in [0.1, 0.15) is 11.5 Å². The predicted octanol–water partition coefficient (Wildman–Crippen LogP) is 5.69. The van der Waals surface area contributed by atoms with Crippen LogP contribution in [0.2, 0.25) is 5.02 Å². The SMILES string of the molecule is Cc1ccc(-n2c(SCc3nnc(-c4ccccc4Cl)o3)nc3ccccc3c2=O)cc1. The Morgan fingerprint density at radius 2 is 1.72 bits per heavy atom. The van der Waals surface area contributed by atoms with Crippen LogP contribution in [0.25, 0.3) is 28.0 Å². The van der Waals surface area contributed by atoms with Crippen molar-refractivity contribution in [3.63, 3.8) is 0 Å². The van der Waals surface area contributed by atoms with Crippen molar-refractivity contribution in [2.45, 2.75) is 17.8 Å². The molecule has 158 valence electrons. The summed E-state index contributed by atoms with van der Waals surface area (Å²) in [6, 6.07) is 22.4. The molecule has 32 heavy (non-hydrogen) atoms. The van der Waals surface area contributed by atoms with Gasteiger partial charge in [-0.1, -0.05) is 65.3 Å². The number of hydrogen-bond acceptors (Lipinski definition) is 6. The Labute approximate surface area is 192 Å². The lowest BCUT2D eigenvalue weighted by Gasteiger charge is -2.13. The van der Waals surface area contributed by atoms with E-state index in [9.17, 15) is 4.79 Å². The second-order valence-corrected chi connectivity index (χ2v) is 8.51. The van der Waals surface area contributed by atoms with Crippen LogP contribution in [0.3, 0.4) is 0 Å². The second-order valence-electron chi connectivity index (χ2n) is 7.16. The molecule has 0 atom stereocenters. The molecule has 0 saturated heterocycles. The van der Waals surface area contributed by atoms with E-state index in [1.165, 1.54) is 11.8 Å². The van der Waals surface area contributed by atoms with E-state index in [1.807, 2.05) is 67.6 Å². The van der Waals surface area contributed by atoms with Crippen molar-refractivity contribution < 1.29 is 4.42 Å². The number of halogens is 1. The fraction of sp³-hybridized carbons (Fsp3) is 0.0833. The maximum Gasteiger partial charge on any atom is 0.266 e. The Bertz CT molecular complexity index is 1480. The van der Waals surface area contributed by atoms with E-state index in [1.54, 1.807) is 16.7 Å². The van der Waals surface area contributed by atoms with Crippen LogP contribution < -0.4 is 5.56 Å². The quantitative estimate of drug-likeness (QED) is 0.248. The summed E-state index contributed by atoms with van der Waals surface area (Å²) in [6.45, 7) is 2.01. The standard InChI is InChI=1S/C24H17ClN4O2S/c1-15-10-12-16(13-11-15)29-23(30)18-7-3-5-9-20(18)26-24(29)32-14-21-27-28-22(31-21)17-6-2-4-8-19(17)25/h2-13H,14H2,1H3. The lowest BCUT2D eigenvalue weighted by molar-refractivity contribution is 0.528. The maximum atomic E-state index is 13.3. The molecule has 5 rings (SSSR count). The fourth-order valence-corrected chi connectivity index (χ4v) is 4.38. The lowest BCUT2D eigenvalue weighted by atomic mass is 10.2. The van der Waals surface area contributed by atoms with Gasteiger partial charge in [0.25, 0.3) is 5.56 Å². The van der Waals surface area contributed by atoms with E-state index in [2.05, 4.69) is 10.2 Å². The number of aryl methyl sites for hydroxylation is 1. The first kappa shape index (κ1) is 20.5. The number of benzene rings is 3. The van der Waals surface area contributed by atoms with Gasteiger partial charge in [-0.2, -0.15) is 0 Å². The first-order valence-electron chi connectivity index (χ1n) is 9.89. The average Bonchev–Trinajstić information content (AvgIpc) is 3.28. The molecule has 0 aliphatic carbocycles. The highest BCUT2D eigenvalue weighted by atomic mass is 35.5. The van der Waals surface area contributed by atoms with E-state index < -0.39 is 0 Å². The molecule has 0 aliphatic rings. The Morgan fingerprint density at radius 3 is 2.53 bits per heavy atom. The average molecular weight is 461 g/mol. The normalized spacial score (nSPS) is 11.2. The number of aromatic nitrogens is 4. The number of para-hydroxylation sites is 1. The smallest absolute Gasteiger partial charge is 0.266 e. The Morgan fingerprint density at radius 1 is 0.969 bits per heavy atom. The topological polar surface area (TPSA) is 73.8 Å². The van der Waals surface area contributed by atoms with Crippen molar-refractivity contribution in [2.24, 2.45) is 0 Å². The molecule has 6 nitrogen and oxygen atoms in total. The van der Waals surface area contributed by atoms with E-state index in [-0.39, 0.29) is 5.56 Å². The number of thioether (sulfide) groups is 1. The van der Waals surface area contributed by atoms with Gasteiger partial charge >= 0.3 is 0 Å². The third kappa shape index (κ3) is 3.92. The van der Waals surface area contributed by atoms with Gasteiger partial charge in [0.1, 0.15) is 0 Å². The Kier molecular flexibility index (Phi) is 5.51. The van der Waals surface area contributed by atoms with E-state index in [4.69, 9.17) is 21.0 Å². The summed E-state index contributed by atoms with van der Waals surface area (Å²) in [7, 11) is 0. The largest absolute Gasteiger partial charge is 0.420 e. The van der Waals surface area contributed by atoms with Crippen LogP contribution in [0.15, 0.2) is 87.2 Å². The first-order valence-corrected chi connectivity index (χ1v) is 11.3. The molecular formula is C24H17ClN4O2S. The highest BCUT2D eigenvalue weighted by Crippen LogP contribution is 2.29. The molecule has 0 spiro atoms. The molecule has 8 heteroatoms. The van der Waals surface area contributed by atoms with E-state index in [0.29, 0.717) is 44.2 Å². The highest BCUT2D eigenvalue weighted by molar-refractivity contribution is 7.98. The molecule has 2 aromatic heterocycles. The number of nitrogens with zero attached hydrogens (tertiary/aromatic N) is 4. The molecule has 0 fully saturated rings. The zero-order valence-corrected chi connectivity index (χ0v) is 18.6. The maximum absolute atomic E-state index is 13.3. The van der Waals surface area contributed by atoms with Gasteiger partial charge in [-0.3, -0.25) is 9.36 Å². The number of rotatable bonds is 5. The predicted molar refractivity (Wildman–Crippen MR) is 126 cm³/mol. The van der Waals surface area contributed by atoms with E-state index in [0.717, 1.165) is 11.3 Å². The van der Waals surface area contributed by atoms with Crippen molar-refractivity contribution >= 4 is 34.3 Å². The molecule has 0 amide bonds. The van der Waals surface area contributed by atoms with Gasteiger partial charge in [0.05, 0.1) is 32.9 Å². The molecule has 0 N–H and O–H groups in total. The van der Waals surface area contributed by atoms with Gasteiger partial charge in [0.2, 0.25) is 11.8 Å². The van der Waals surface area contributed by atoms with Crippen LogP contribution in [0, 0.1) is 6.92 Å². The van der Waals surface area contributed by atoms with Crippen molar-refractivity contribution in [1.82, 2.24) is 19.7 Å². The number of fused-ring (bicyclic) bond motifs is 1. The minimum absolute atomic E-state index is 0.121. The molecule has 0 unspecified atom stereocenters. The minimum Gasteiger partial charge on any atom is -0.420 e. The van der Waals surface area contributed by atoms with Crippen LogP contribution in [0.4, 0.5) is 0 Å². The summed E-state index contributed by atoms with van der Waals surface area (Å²) in [4.78, 5) is 18.1. The zero-order chi connectivity index (χ0) is 22.1. The van der Waals surface area contributed by atoms with Crippen molar-refractivity contribution in [3.8, 4) is 17.1 Å². The Balaban J connectivity index is 1.52. The van der Waals surface area contributed by atoms with Crippen LogP contribution >= 0.6 is 23.4 Å². The van der Waals surface area contributed by atoms with Crippen LogP contribution in [-0.2, 0) is 5.75 Å². The molecule has 0 aliphatic heterocycles. The third-order valence-corrected chi connectivity index (χ3v) is 6.19. The number of hydrogen-bond donors (Lipinski definition) is 0. The van der Waals surface area contributed by atoms with Crippen molar-refractivity contribution in [1.29, 1.82) is 0 Å². The first-order chi connectivity index (χ1) is 15.6. The van der Waals surface area contributed by atoms with Gasteiger partial charge in [0, 0.05) is 0 Å².